The van der Waals surface area contributed by atoms with Gasteiger partial charge in [-0.05, 0) is 110 Å². The molecule has 35 heavy (non-hydrogen) atoms. The standard InChI is InChI=1S/C30H48O5/c1-16(2)17-10-11-30(25(34)35)13-12-28(6)18(22(17)30)8-9-21-27(5)14-20(32)24(33)26(3,4)23(27)19(31)15-29(21,28)7/h17-24,31-33H,1,8-15H2,2-7H3,(H,34,35)/t17?,18?,19-,20+,21?,22?,23?,24-,27+,28+,29+,30-/m0/s1. The van der Waals surface area contributed by atoms with Gasteiger partial charge >= 0.3 is 5.97 Å². The molecule has 0 saturated heterocycles. The van der Waals surface area contributed by atoms with Gasteiger partial charge in [0.25, 0.3) is 0 Å². The van der Waals surface area contributed by atoms with Gasteiger partial charge in [0.1, 0.15) is 0 Å². The van der Waals surface area contributed by atoms with Crippen LogP contribution >= 0.6 is 0 Å². The summed E-state index contributed by atoms with van der Waals surface area (Å²) in [5, 5.41) is 44.2. The van der Waals surface area contributed by atoms with Crippen molar-refractivity contribution in [1.29, 1.82) is 0 Å². The van der Waals surface area contributed by atoms with Gasteiger partial charge in [0.05, 0.1) is 23.7 Å². The van der Waals surface area contributed by atoms with Crippen LogP contribution in [0, 0.1) is 56.7 Å². The molecule has 5 saturated carbocycles. The molecule has 0 amide bonds. The van der Waals surface area contributed by atoms with Crippen molar-refractivity contribution < 1.29 is 25.2 Å². The second-order valence-corrected chi connectivity index (χ2v) is 14.8. The average molecular weight is 489 g/mol. The van der Waals surface area contributed by atoms with Gasteiger partial charge in [0.2, 0.25) is 0 Å². The van der Waals surface area contributed by atoms with E-state index in [-0.39, 0.29) is 39.9 Å². The van der Waals surface area contributed by atoms with Crippen molar-refractivity contribution in [2.24, 2.45) is 56.7 Å². The minimum absolute atomic E-state index is 0.0806. The molecule has 0 spiro atoms. The molecule has 4 N–H and O–H groups in total. The number of aliphatic hydroxyl groups is 3. The summed E-state index contributed by atoms with van der Waals surface area (Å²) in [6.45, 7) is 17.4. The maximum absolute atomic E-state index is 12.8. The van der Waals surface area contributed by atoms with E-state index in [4.69, 9.17) is 0 Å². The van der Waals surface area contributed by atoms with E-state index < -0.39 is 35.1 Å². The monoisotopic (exact) mass is 488 g/mol. The smallest absolute Gasteiger partial charge is 0.309 e. The van der Waals surface area contributed by atoms with E-state index in [2.05, 4.69) is 34.3 Å². The Hall–Kier alpha value is -0.910. The van der Waals surface area contributed by atoms with E-state index in [9.17, 15) is 25.2 Å². The summed E-state index contributed by atoms with van der Waals surface area (Å²) < 4.78 is 0. The number of carboxylic acid groups (broad SMARTS) is 1. The third-order valence-corrected chi connectivity index (χ3v) is 13.3. The van der Waals surface area contributed by atoms with Crippen LogP contribution in [0.5, 0.6) is 0 Å². The minimum Gasteiger partial charge on any atom is -0.481 e. The first kappa shape index (κ1) is 25.7. The number of fused-ring (bicyclic) bond motifs is 7. The minimum atomic E-state index is -0.841. The number of hydrogen-bond donors (Lipinski definition) is 4. The van der Waals surface area contributed by atoms with Crippen LogP contribution in [0.1, 0.15) is 92.9 Å². The average Bonchev–Trinajstić information content (AvgIpc) is 3.13. The molecule has 0 aromatic rings. The van der Waals surface area contributed by atoms with Crippen molar-refractivity contribution in [3.05, 3.63) is 12.2 Å². The van der Waals surface area contributed by atoms with Crippen LogP contribution in [-0.2, 0) is 4.79 Å². The molecule has 0 aliphatic heterocycles. The van der Waals surface area contributed by atoms with Crippen molar-refractivity contribution in [2.45, 2.75) is 111 Å². The molecular weight excluding hydrogens is 440 g/mol. The highest BCUT2D eigenvalue weighted by Crippen LogP contribution is 2.77. The number of carbonyl (C=O) groups is 1. The Morgan fingerprint density at radius 2 is 1.51 bits per heavy atom. The number of carboxylic acids is 1. The Kier molecular flexibility index (Phi) is 5.56. The predicted molar refractivity (Wildman–Crippen MR) is 135 cm³/mol. The zero-order chi connectivity index (χ0) is 25.9. The van der Waals surface area contributed by atoms with Crippen LogP contribution < -0.4 is 0 Å². The van der Waals surface area contributed by atoms with Gasteiger partial charge in [-0.1, -0.05) is 46.8 Å². The molecule has 5 fully saturated rings. The Morgan fingerprint density at radius 1 is 0.857 bits per heavy atom. The third-order valence-electron chi connectivity index (χ3n) is 13.3. The molecule has 5 aliphatic carbocycles. The lowest BCUT2D eigenvalue weighted by molar-refractivity contribution is -0.289. The Labute approximate surface area is 211 Å². The molecule has 0 bridgehead atoms. The van der Waals surface area contributed by atoms with Gasteiger partial charge < -0.3 is 20.4 Å². The van der Waals surface area contributed by atoms with E-state index in [1.807, 2.05) is 13.8 Å². The summed E-state index contributed by atoms with van der Waals surface area (Å²) in [5.41, 5.74) is -0.635. The predicted octanol–water partition coefficient (Wildman–Crippen LogP) is 5.03. The fourth-order valence-electron chi connectivity index (χ4n) is 11.8. The molecule has 12 atom stereocenters. The summed E-state index contributed by atoms with van der Waals surface area (Å²) in [4.78, 5) is 12.8. The highest BCUT2D eigenvalue weighted by Gasteiger charge is 2.74. The molecule has 0 aromatic heterocycles. The Morgan fingerprint density at radius 3 is 2.11 bits per heavy atom. The first-order valence-electron chi connectivity index (χ1n) is 14.0. The van der Waals surface area contributed by atoms with Crippen LogP contribution in [0.3, 0.4) is 0 Å². The summed E-state index contributed by atoms with van der Waals surface area (Å²) in [5.74, 6) is 0.251. The third kappa shape index (κ3) is 2.95. The van der Waals surface area contributed by atoms with Crippen molar-refractivity contribution in [2.75, 3.05) is 0 Å². The van der Waals surface area contributed by atoms with E-state index in [1.165, 1.54) is 0 Å². The van der Waals surface area contributed by atoms with Gasteiger partial charge in [-0.2, -0.15) is 0 Å². The van der Waals surface area contributed by atoms with Crippen molar-refractivity contribution in [3.8, 4) is 0 Å². The maximum atomic E-state index is 12.8. The number of hydrogen-bond acceptors (Lipinski definition) is 4. The van der Waals surface area contributed by atoms with E-state index >= 15 is 0 Å². The Bertz CT molecular complexity index is 928. The largest absolute Gasteiger partial charge is 0.481 e. The van der Waals surface area contributed by atoms with E-state index in [1.54, 1.807) is 0 Å². The van der Waals surface area contributed by atoms with Gasteiger partial charge in [-0.15, -0.1) is 0 Å². The molecular formula is C30H48O5. The van der Waals surface area contributed by atoms with Gasteiger partial charge in [0.15, 0.2) is 0 Å². The molecule has 5 unspecified atom stereocenters. The molecule has 5 nitrogen and oxygen atoms in total. The fourth-order valence-corrected chi connectivity index (χ4v) is 11.8. The molecule has 198 valence electrons. The van der Waals surface area contributed by atoms with Crippen molar-refractivity contribution in [3.63, 3.8) is 0 Å². The summed E-state index contributed by atoms with van der Waals surface area (Å²) in [6, 6.07) is 0. The quantitative estimate of drug-likeness (QED) is 0.409. The van der Waals surface area contributed by atoms with Crippen molar-refractivity contribution in [1.82, 2.24) is 0 Å². The molecule has 5 aliphatic rings. The fraction of sp³-hybridized carbons (Fsp3) is 0.900. The molecule has 0 heterocycles. The zero-order valence-corrected chi connectivity index (χ0v) is 22.7. The van der Waals surface area contributed by atoms with Crippen LogP contribution in [0.4, 0.5) is 0 Å². The lowest BCUT2D eigenvalue weighted by atomic mass is 9.31. The lowest BCUT2D eigenvalue weighted by Gasteiger charge is -2.73. The van der Waals surface area contributed by atoms with Crippen LogP contribution in [-0.4, -0.2) is 44.7 Å². The summed E-state index contributed by atoms with van der Waals surface area (Å²) >= 11 is 0. The first-order valence-corrected chi connectivity index (χ1v) is 14.0. The number of aliphatic hydroxyl groups excluding tert-OH is 3. The van der Waals surface area contributed by atoms with Gasteiger partial charge in [-0.25, -0.2) is 0 Å². The first-order chi connectivity index (χ1) is 16.1. The maximum Gasteiger partial charge on any atom is 0.309 e. The van der Waals surface area contributed by atoms with E-state index in [0.717, 1.165) is 37.7 Å². The Balaban J connectivity index is 1.61. The molecule has 0 aromatic carbocycles. The highest BCUT2D eigenvalue weighted by atomic mass is 16.4. The second-order valence-electron chi connectivity index (χ2n) is 14.8. The SMILES string of the molecule is C=C(C)C1CC[C@]2(C(=O)O)CC[C@]3(C)C(CCC4[C@@]5(C)C[C@@H](O)[C@H](O)C(C)(C)C5[C@@H](O)C[C@]43C)C12. The zero-order valence-electron chi connectivity index (χ0n) is 22.7. The van der Waals surface area contributed by atoms with Crippen molar-refractivity contribution >= 4 is 5.97 Å². The van der Waals surface area contributed by atoms with Gasteiger partial charge in [0, 0.05) is 0 Å². The van der Waals surface area contributed by atoms with Crippen LogP contribution in [0.15, 0.2) is 12.2 Å². The topological polar surface area (TPSA) is 98.0 Å². The number of allylic oxidation sites excluding steroid dienone is 1. The van der Waals surface area contributed by atoms with E-state index in [0.29, 0.717) is 25.2 Å². The molecule has 5 heteroatoms. The summed E-state index contributed by atoms with van der Waals surface area (Å²) in [6.07, 6.45) is 4.24. The summed E-state index contributed by atoms with van der Waals surface area (Å²) in [7, 11) is 0. The lowest BCUT2D eigenvalue weighted by Crippen LogP contribution is -2.71. The molecule has 5 rings (SSSR count). The number of aliphatic carboxylic acids is 1. The second kappa shape index (κ2) is 7.57. The van der Waals surface area contributed by atoms with Crippen LogP contribution in [0.2, 0.25) is 0 Å². The van der Waals surface area contributed by atoms with Gasteiger partial charge in [-0.3, -0.25) is 4.79 Å². The molecule has 0 radical (unpaired) electrons. The highest BCUT2D eigenvalue weighted by molar-refractivity contribution is 5.76. The normalized spacial score (nSPS) is 56.8. The van der Waals surface area contributed by atoms with Crippen LogP contribution in [0.25, 0.3) is 0 Å². The number of rotatable bonds is 2.